The van der Waals surface area contributed by atoms with Gasteiger partial charge in [0.05, 0.1) is 0 Å². The van der Waals surface area contributed by atoms with E-state index in [1.165, 1.54) is 51.4 Å². The van der Waals surface area contributed by atoms with E-state index in [2.05, 4.69) is 74.6 Å². The van der Waals surface area contributed by atoms with Gasteiger partial charge in [0.2, 0.25) is 0 Å². The van der Waals surface area contributed by atoms with E-state index >= 15 is 0 Å². The first-order valence-corrected chi connectivity index (χ1v) is 18.2. The maximum Gasteiger partial charge on any atom is 0.305 e. The molecule has 4 nitrogen and oxygen atoms in total. The summed E-state index contributed by atoms with van der Waals surface area (Å²) < 4.78 is 10.5. The SMILES string of the molecule is CC/C=C\C/C=C\C/C=C\CCCCCCCC(=O)OC[C@@H](Cl)COC(=O)CCCCCCC/C=C\C/C=C\CCCCC. The number of ether oxygens (including phenoxy) is 2. The lowest BCUT2D eigenvalue weighted by molar-refractivity contribution is -0.146. The van der Waals surface area contributed by atoms with Gasteiger partial charge in [-0.3, -0.25) is 9.59 Å². The van der Waals surface area contributed by atoms with Gasteiger partial charge in [0.25, 0.3) is 0 Å². The average Bonchev–Trinajstić information content (AvgIpc) is 3.02. The maximum absolute atomic E-state index is 12.0. The van der Waals surface area contributed by atoms with Crippen molar-refractivity contribution in [3.05, 3.63) is 60.8 Å². The van der Waals surface area contributed by atoms with Crippen LogP contribution in [0.1, 0.15) is 155 Å². The van der Waals surface area contributed by atoms with E-state index in [1.54, 1.807) is 0 Å². The van der Waals surface area contributed by atoms with Gasteiger partial charge in [-0.25, -0.2) is 0 Å². The second-order valence-electron chi connectivity index (χ2n) is 11.5. The number of alkyl halides is 1. The number of hydrogen-bond acceptors (Lipinski definition) is 4. The molecule has 0 aromatic rings. The van der Waals surface area contributed by atoms with Gasteiger partial charge in [-0.15, -0.1) is 11.6 Å². The largest absolute Gasteiger partial charge is 0.464 e. The summed E-state index contributed by atoms with van der Waals surface area (Å²) in [6, 6.07) is 0. The number of carbonyl (C=O) groups excluding carboxylic acids is 2. The third-order valence-electron chi connectivity index (χ3n) is 7.21. The molecule has 0 aliphatic heterocycles. The summed E-state index contributed by atoms with van der Waals surface area (Å²) >= 11 is 6.19. The Bertz CT molecular complexity index is 796. The molecule has 0 saturated carbocycles. The molecule has 0 unspecified atom stereocenters. The zero-order chi connectivity index (χ0) is 32.2. The minimum absolute atomic E-state index is 0.0777. The van der Waals surface area contributed by atoms with Crippen molar-refractivity contribution in [2.45, 2.75) is 160 Å². The monoisotopic (exact) mass is 632 g/mol. The first kappa shape index (κ1) is 41.9. The summed E-state index contributed by atoms with van der Waals surface area (Å²) in [5.41, 5.74) is 0. The van der Waals surface area contributed by atoms with Crippen LogP contribution in [0.15, 0.2) is 60.8 Å². The quantitative estimate of drug-likeness (QED) is 0.0330. The van der Waals surface area contributed by atoms with Crippen LogP contribution in [0.2, 0.25) is 0 Å². The molecule has 0 rings (SSSR count). The van der Waals surface area contributed by atoms with Crippen LogP contribution in [0.4, 0.5) is 0 Å². The summed E-state index contributed by atoms with van der Waals surface area (Å²) in [6.45, 7) is 4.54. The van der Waals surface area contributed by atoms with E-state index in [-0.39, 0.29) is 25.2 Å². The van der Waals surface area contributed by atoms with E-state index in [0.29, 0.717) is 12.8 Å². The zero-order valence-corrected chi connectivity index (χ0v) is 29.1. The molecule has 0 aromatic heterocycles. The van der Waals surface area contributed by atoms with Crippen LogP contribution in [0.25, 0.3) is 0 Å². The normalized spacial score (nSPS) is 12.9. The van der Waals surface area contributed by atoms with E-state index in [9.17, 15) is 9.59 Å². The number of allylic oxidation sites excluding steroid dienone is 10. The van der Waals surface area contributed by atoms with Crippen molar-refractivity contribution in [1.29, 1.82) is 0 Å². The first-order chi connectivity index (χ1) is 21.6. The van der Waals surface area contributed by atoms with E-state index in [1.807, 2.05) is 0 Å². The van der Waals surface area contributed by atoms with Crippen LogP contribution in [0, 0.1) is 0 Å². The second-order valence-corrected chi connectivity index (χ2v) is 12.2. The molecule has 44 heavy (non-hydrogen) atoms. The Balaban J connectivity index is 3.52. The molecular weight excluding hydrogens is 568 g/mol. The van der Waals surface area contributed by atoms with Crippen LogP contribution in [0.5, 0.6) is 0 Å². The van der Waals surface area contributed by atoms with Crippen molar-refractivity contribution in [2.24, 2.45) is 0 Å². The Morgan fingerprint density at radius 3 is 1.30 bits per heavy atom. The van der Waals surface area contributed by atoms with Crippen molar-refractivity contribution in [3.8, 4) is 0 Å². The van der Waals surface area contributed by atoms with Crippen molar-refractivity contribution < 1.29 is 19.1 Å². The second kappa shape index (κ2) is 35.4. The lowest BCUT2D eigenvalue weighted by atomic mass is 10.1. The molecule has 1 atom stereocenters. The van der Waals surface area contributed by atoms with Crippen LogP contribution < -0.4 is 0 Å². The number of halogens is 1. The Hall–Kier alpha value is -2.07. The smallest absolute Gasteiger partial charge is 0.305 e. The summed E-state index contributed by atoms with van der Waals surface area (Å²) in [5, 5.41) is -0.506. The Labute approximate surface area is 276 Å². The zero-order valence-electron chi connectivity index (χ0n) is 28.3. The van der Waals surface area contributed by atoms with Crippen molar-refractivity contribution in [3.63, 3.8) is 0 Å². The predicted molar refractivity (Wildman–Crippen MR) is 190 cm³/mol. The van der Waals surface area contributed by atoms with Gasteiger partial charge in [-0.1, -0.05) is 126 Å². The van der Waals surface area contributed by atoms with Crippen molar-refractivity contribution >= 4 is 23.5 Å². The fourth-order valence-corrected chi connectivity index (χ4v) is 4.65. The molecule has 0 fully saturated rings. The van der Waals surface area contributed by atoms with E-state index < -0.39 is 5.38 Å². The molecule has 252 valence electrons. The molecule has 0 radical (unpaired) electrons. The lowest BCUT2D eigenvalue weighted by Gasteiger charge is -2.11. The lowest BCUT2D eigenvalue weighted by Crippen LogP contribution is -2.21. The summed E-state index contributed by atoms with van der Waals surface area (Å²) in [4.78, 5) is 24.0. The minimum Gasteiger partial charge on any atom is -0.464 e. The Morgan fingerprint density at radius 2 is 0.864 bits per heavy atom. The highest BCUT2D eigenvalue weighted by atomic mass is 35.5. The van der Waals surface area contributed by atoms with Gasteiger partial charge in [0.15, 0.2) is 0 Å². The Kier molecular flexibility index (Phi) is 33.7. The summed E-state index contributed by atoms with van der Waals surface area (Å²) in [7, 11) is 0. The van der Waals surface area contributed by atoms with Crippen LogP contribution in [-0.4, -0.2) is 30.5 Å². The molecule has 0 heterocycles. The topological polar surface area (TPSA) is 52.6 Å². The third kappa shape index (κ3) is 34.4. The molecule has 5 heteroatoms. The molecule has 0 amide bonds. The highest BCUT2D eigenvalue weighted by molar-refractivity contribution is 6.21. The summed E-state index contributed by atoms with van der Waals surface area (Å²) in [5.74, 6) is -0.455. The molecule has 0 aliphatic rings. The number of rotatable bonds is 31. The van der Waals surface area contributed by atoms with Crippen LogP contribution >= 0.6 is 11.6 Å². The number of unbranched alkanes of at least 4 members (excludes halogenated alkanes) is 13. The average molecular weight is 633 g/mol. The summed E-state index contributed by atoms with van der Waals surface area (Å²) in [6.07, 6.45) is 45.5. The van der Waals surface area contributed by atoms with Gasteiger partial charge < -0.3 is 9.47 Å². The van der Waals surface area contributed by atoms with Crippen LogP contribution in [-0.2, 0) is 19.1 Å². The number of carbonyl (C=O) groups is 2. The fourth-order valence-electron chi connectivity index (χ4n) is 4.53. The number of esters is 2. The van der Waals surface area contributed by atoms with Gasteiger partial charge in [0, 0.05) is 12.8 Å². The van der Waals surface area contributed by atoms with Crippen molar-refractivity contribution in [2.75, 3.05) is 13.2 Å². The highest BCUT2D eigenvalue weighted by Gasteiger charge is 2.12. The standard InChI is InChI=1S/C39H65ClO4/c1-3-5-7-9-11-13-15-17-19-21-23-25-27-29-31-33-38(41)43-35-37(40)36-44-39(42)34-32-30-28-26-24-22-20-18-16-14-12-10-8-6-4-2/h5,7,11-14,17-20,37H,3-4,6,8-10,15-16,21-36H2,1-2H3/b7-5-,13-11-,14-12-,19-17-,20-18-/t37-/m1/s1. The Morgan fingerprint density at radius 1 is 0.500 bits per heavy atom. The van der Waals surface area contributed by atoms with Gasteiger partial charge in [0.1, 0.15) is 18.6 Å². The molecule has 0 bridgehead atoms. The van der Waals surface area contributed by atoms with Gasteiger partial charge in [-0.2, -0.15) is 0 Å². The minimum atomic E-state index is -0.506. The third-order valence-corrected chi connectivity index (χ3v) is 7.47. The molecular formula is C39H65ClO4. The predicted octanol–water partition coefficient (Wildman–Crippen LogP) is 12.1. The molecule has 0 spiro atoms. The fraction of sp³-hybridized carbons (Fsp3) is 0.692. The maximum atomic E-state index is 12.0. The highest BCUT2D eigenvalue weighted by Crippen LogP contribution is 2.11. The molecule has 0 N–H and O–H groups in total. The molecule has 0 saturated heterocycles. The number of hydrogen-bond donors (Lipinski definition) is 0. The molecule has 0 aliphatic carbocycles. The van der Waals surface area contributed by atoms with Crippen molar-refractivity contribution in [1.82, 2.24) is 0 Å². The van der Waals surface area contributed by atoms with Crippen LogP contribution in [0.3, 0.4) is 0 Å². The van der Waals surface area contributed by atoms with Gasteiger partial charge in [-0.05, 0) is 77.0 Å². The van der Waals surface area contributed by atoms with E-state index in [0.717, 1.165) is 77.0 Å². The first-order valence-electron chi connectivity index (χ1n) is 17.8. The van der Waals surface area contributed by atoms with Gasteiger partial charge >= 0.3 is 11.9 Å². The van der Waals surface area contributed by atoms with E-state index in [4.69, 9.17) is 21.1 Å². The molecule has 0 aromatic carbocycles.